The second-order valence-corrected chi connectivity index (χ2v) is 5.57. The van der Waals surface area contributed by atoms with Gasteiger partial charge >= 0.3 is 5.97 Å². The number of hydrogen-bond donors (Lipinski definition) is 2. The van der Waals surface area contributed by atoms with Crippen LogP contribution in [0, 0.1) is 23.2 Å². The third kappa shape index (κ3) is 2.71. The van der Waals surface area contributed by atoms with E-state index >= 15 is 0 Å². The van der Waals surface area contributed by atoms with Crippen LogP contribution in [0.1, 0.15) is 40.0 Å². The SMILES string of the molecule is CC(C)[C@H]1C[C@@](CN)(CC(=O)O)C[C@H]1C. The van der Waals surface area contributed by atoms with E-state index in [1.807, 2.05) is 0 Å². The van der Waals surface area contributed by atoms with E-state index in [2.05, 4.69) is 20.8 Å². The lowest BCUT2D eigenvalue weighted by atomic mass is 9.80. The normalized spacial score (nSPS) is 36.1. The summed E-state index contributed by atoms with van der Waals surface area (Å²) in [6, 6.07) is 0. The summed E-state index contributed by atoms with van der Waals surface area (Å²) in [6.07, 6.45) is 2.18. The highest BCUT2D eigenvalue weighted by Gasteiger charge is 2.44. The van der Waals surface area contributed by atoms with Gasteiger partial charge in [-0.25, -0.2) is 0 Å². The molecule has 1 aliphatic rings. The number of nitrogens with two attached hydrogens (primary N) is 1. The summed E-state index contributed by atoms with van der Waals surface area (Å²) in [6.45, 7) is 7.17. The van der Waals surface area contributed by atoms with Gasteiger partial charge in [0.25, 0.3) is 0 Å². The monoisotopic (exact) mass is 213 g/mol. The molecule has 1 aliphatic carbocycles. The first-order valence-corrected chi connectivity index (χ1v) is 5.82. The fourth-order valence-corrected chi connectivity index (χ4v) is 3.22. The maximum atomic E-state index is 10.8. The number of carboxylic acids is 1. The molecule has 0 aromatic heterocycles. The molecule has 0 aromatic rings. The van der Waals surface area contributed by atoms with Crippen LogP contribution in [0.25, 0.3) is 0 Å². The minimum atomic E-state index is -0.711. The summed E-state index contributed by atoms with van der Waals surface area (Å²) in [5, 5.41) is 8.93. The molecule has 0 amide bonds. The van der Waals surface area contributed by atoms with Gasteiger partial charge in [-0.15, -0.1) is 0 Å². The number of carboxylic acid groups (broad SMARTS) is 1. The Balaban J connectivity index is 2.74. The molecule has 0 radical (unpaired) electrons. The molecule has 0 heterocycles. The summed E-state index contributed by atoms with van der Waals surface area (Å²) >= 11 is 0. The van der Waals surface area contributed by atoms with Crippen molar-refractivity contribution in [3.63, 3.8) is 0 Å². The molecule has 0 aliphatic heterocycles. The Bertz CT molecular complexity index is 240. The van der Waals surface area contributed by atoms with Crippen molar-refractivity contribution in [2.75, 3.05) is 6.54 Å². The molecule has 1 rings (SSSR count). The molecule has 15 heavy (non-hydrogen) atoms. The van der Waals surface area contributed by atoms with E-state index in [-0.39, 0.29) is 11.8 Å². The molecular weight excluding hydrogens is 190 g/mol. The Hall–Kier alpha value is -0.570. The third-order valence-electron chi connectivity index (χ3n) is 3.97. The Morgan fingerprint density at radius 3 is 2.47 bits per heavy atom. The highest BCUT2D eigenvalue weighted by molar-refractivity contribution is 5.67. The van der Waals surface area contributed by atoms with Crippen LogP contribution in [0.15, 0.2) is 0 Å². The number of aliphatic carboxylic acids is 1. The molecule has 3 atom stereocenters. The van der Waals surface area contributed by atoms with E-state index in [4.69, 9.17) is 10.8 Å². The van der Waals surface area contributed by atoms with Gasteiger partial charge in [0.2, 0.25) is 0 Å². The molecule has 3 nitrogen and oxygen atoms in total. The molecule has 0 saturated heterocycles. The van der Waals surface area contributed by atoms with E-state index in [1.54, 1.807) is 0 Å². The van der Waals surface area contributed by atoms with Crippen LogP contribution in [0.5, 0.6) is 0 Å². The third-order valence-corrected chi connectivity index (χ3v) is 3.97. The number of carbonyl (C=O) groups is 1. The lowest BCUT2D eigenvalue weighted by molar-refractivity contribution is -0.139. The molecule has 1 saturated carbocycles. The van der Waals surface area contributed by atoms with Gasteiger partial charge in [-0.3, -0.25) is 4.79 Å². The first-order chi connectivity index (χ1) is 6.90. The Morgan fingerprint density at radius 1 is 1.53 bits per heavy atom. The maximum absolute atomic E-state index is 10.8. The van der Waals surface area contributed by atoms with Crippen molar-refractivity contribution in [1.29, 1.82) is 0 Å². The zero-order chi connectivity index (χ0) is 11.6. The predicted molar refractivity (Wildman–Crippen MR) is 60.5 cm³/mol. The molecule has 3 N–H and O–H groups in total. The summed E-state index contributed by atoms with van der Waals surface area (Å²) in [5.41, 5.74) is 5.64. The minimum Gasteiger partial charge on any atom is -0.481 e. The van der Waals surface area contributed by atoms with Crippen LogP contribution in [-0.2, 0) is 4.79 Å². The highest BCUT2D eigenvalue weighted by atomic mass is 16.4. The molecule has 1 fully saturated rings. The van der Waals surface area contributed by atoms with Crippen LogP contribution in [0.4, 0.5) is 0 Å². The Morgan fingerprint density at radius 2 is 2.13 bits per heavy atom. The average molecular weight is 213 g/mol. The molecular formula is C12H23NO2. The van der Waals surface area contributed by atoms with Crippen molar-refractivity contribution in [3.05, 3.63) is 0 Å². The topological polar surface area (TPSA) is 63.3 Å². The lowest BCUT2D eigenvalue weighted by Crippen LogP contribution is -2.31. The second kappa shape index (κ2) is 4.52. The standard InChI is InChI=1S/C12H23NO2/c1-8(2)10-5-12(7-13,4-9(10)3)6-11(14)15/h8-10H,4-7,13H2,1-3H3,(H,14,15)/t9-,10-,12-/m1/s1. The van der Waals surface area contributed by atoms with E-state index in [1.165, 1.54) is 0 Å². The van der Waals surface area contributed by atoms with E-state index in [0.29, 0.717) is 24.3 Å². The van der Waals surface area contributed by atoms with Gasteiger partial charge in [-0.1, -0.05) is 20.8 Å². The van der Waals surface area contributed by atoms with Crippen LogP contribution in [0.2, 0.25) is 0 Å². The van der Waals surface area contributed by atoms with Crippen molar-refractivity contribution in [2.45, 2.75) is 40.0 Å². The summed E-state index contributed by atoms with van der Waals surface area (Å²) in [4.78, 5) is 10.8. The van der Waals surface area contributed by atoms with Gasteiger partial charge in [0.1, 0.15) is 0 Å². The fourth-order valence-electron chi connectivity index (χ4n) is 3.22. The zero-order valence-electron chi connectivity index (χ0n) is 9.99. The first-order valence-electron chi connectivity index (χ1n) is 5.82. The largest absolute Gasteiger partial charge is 0.481 e. The Kier molecular flexibility index (Phi) is 3.77. The average Bonchev–Trinajstić information content (AvgIpc) is 2.43. The molecule has 0 unspecified atom stereocenters. The summed E-state index contributed by atoms with van der Waals surface area (Å²) < 4.78 is 0. The van der Waals surface area contributed by atoms with E-state index in [9.17, 15) is 4.79 Å². The smallest absolute Gasteiger partial charge is 0.303 e. The Labute approximate surface area is 92.0 Å². The maximum Gasteiger partial charge on any atom is 0.303 e. The number of hydrogen-bond acceptors (Lipinski definition) is 2. The summed E-state index contributed by atoms with van der Waals surface area (Å²) in [5.74, 6) is 1.15. The minimum absolute atomic E-state index is 0.139. The van der Waals surface area contributed by atoms with Gasteiger partial charge in [0, 0.05) is 0 Å². The zero-order valence-corrected chi connectivity index (χ0v) is 9.99. The molecule has 0 aromatic carbocycles. The van der Waals surface area contributed by atoms with Gasteiger partial charge in [0.05, 0.1) is 6.42 Å². The van der Waals surface area contributed by atoms with Crippen LogP contribution < -0.4 is 5.73 Å². The quantitative estimate of drug-likeness (QED) is 0.751. The molecule has 88 valence electrons. The predicted octanol–water partition coefficient (Wildman–Crippen LogP) is 2.11. The van der Waals surface area contributed by atoms with Gasteiger partial charge in [0.15, 0.2) is 0 Å². The molecule has 0 bridgehead atoms. The van der Waals surface area contributed by atoms with Crippen molar-refractivity contribution in [1.82, 2.24) is 0 Å². The van der Waals surface area contributed by atoms with Crippen LogP contribution in [0.3, 0.4) is 0 Å². The van der Waals surface area contributed by atoms with Crippen molar-refractivity contribution >= 4 is 5.97 Å². The second-order valence-electron chi connectivity index (χ2n) is 5.57. The molecule has 0 spiro atoms. The molecule has 3 heteroatoms. The van der Waals surface area contributed by atoms with E-state index in [0.717, 1.165) is 12.8 Å². The van der Waals surface area contributed by atoms with Crippen LogP contribution in [-0.4, -0.2) is 17.6 Å². The van der Waals surface area contributed by atoms with Crippen molar-refractivity contribution < 1.29 is 9.90 Å². The van der Waals surface area contributed by atoms with Gasteiger partial charge in [-0.2, -0.15) is 0 Å². The summed E-state index contributed by atoms with van der Waals surface area (Å²) in [7, 11) is 0. The first kappa shape index (κ1) is 12.5. The fraction of sp³-hybridized carbons (Fsp3) is 0.917. The van der Waals surface area contributed by atoms with Gasteiger partial charge < -0.3 is 10.8 Å². The van der Waals surface area contributed by atoms with Crippen molar-refractivity contribution in [2.24, 2.45) is 28.9 Å². The highest BCUT2D eigenvalue weighted by Crippen LogP contribution is 2.49. The van der Waals surface area contributed by atoms with Crippen molar-refractivity contribution in [3.8, 4) is 0 Å². The van der Waals surface area contributed by atoms with Crippen LogP contribution >= 0.6 is 0 Å². The van der Waals surface area contributed by atoms with Gasteiger partial charge in [-0.05, 0) is 42.6 Å². The number of rotatable bonds is 4. The van der Waals surface area contributed by atoms with E-state index < -0.39 is 5.97 Å². The lowest BCUT2D eigenvalue weighted by Gasteiger charge is -2.26.